The average Bonchev–Trinajstić information content (AvgIpc) is 2.29. The van der Waals surface area contributed by atoms with Gasteiger partial charge in [0, 0.05) is 27.2 Å². The molecule has 2 N–H and O–H groups in total. The molecule has 0 aromatic rings. The maximum Gasteiger partial charge on any atom is 0.190 e. The van der Waals surface area contributed by atoms with Gasteiger partial charge in [0.05, 0.1) is 0 Å². The second-order valence-corrected chi connectivity index (χ2v) is 4.65. The molecule has 1 fully saturated rings. The Hall–Kier alpha value is -0.770. The lowest BCUT2D eigenvalue weighted by Gasteiger charge is -2.30. The molecule has 4 heteroatoms. The molecule has 0 unspecified atom stereocenters. The summed E-state index contributed by atoms with van der Waals surface area (Å²) < 4.78 is 0. The number of hydrogen-bond donors (Lipinski definition) is 2. The summed E-state index contributed by atoms with van der Waals surface area (Å²) in [5.74, 6) is 1.76. The van der Waals surface area contributed by atoms with E-state index >= 15 is 0 Å². The van der Waals surface area contributed by atoms with Gasteiger partial charge in [-0.25, -0.2) is 0 Å². The van der Waals surface area contributed by atoms with Crippen molar-refractivity contribution in [3.8, 4) is 0 Å². The molecule has 0 radical (unpaired) electrons. The zero-order chi connectivity index (χ0) is 11.8. The van der Waals surface area contributed by atoms with E-state index in [-0.39, 0.29) is 0 Å². The van der Waals surface area contributed by atoms with Gasteiger partial charge in [0.2, 0.25) is 0 Å². The highest BCUT2D eigenvalue weighted by atomic mass is 15.2. The van der Waals surface area contributed by atoms with Crippen molar-refractivity contribution >= 4 is 5.96 Å². The predicted molar refractivity (Wildman–Crippen MR) is 69.9 cm³/mol. The summed E-state index contributed by atoms with van der Waals surface area (Å²) in [6.07, 6.45) is 3.96. The van der Waals surface area contributed by atoms with Gasteiger partial charge in [-0.15, -0.1) is 0 Å². The van der Waals surface area contributed by atoms with Crippen LogP contribution in [0.2, 0.25) is 0 Å². The third kappa shape index (κ3) is 4.84. The number of nitrogens with one attached hydrogen (secondary N) is 2. The molecule has 1 atom stereocenters. The Labute approximate surface area is 99.5 Å². The Balaban J connectivity index is 2.06. The SMILES string of the molecule is CN=C(NC)NCCCN1CCC[C@H](C)C1. The monoisotopic (exact) mass is 226 g/mol. The van der Waals surface area contributed by atoms with Crippen molar-refractivity contribution in [3.63, 3.8) is 0 Å². The summed E-state index contributed by atoms with van der Waals surface area (Å²) in [7, 11) is 3.69. The average molecular weight is 226 g/mol. The second-order valence-electron chi connectivity index (χ2n) is 4.65. The van der Waals surface area contributed by atoms with Gasteiger partial charge in [-0.1, -0.05) is 6.92 Å². The number of rotatable bonds is 4. The topological polar surface area (TPSA) is 39.7 Å². The van der Waals surface area contributed by atoms with Crippen molar-refractivity contribution in [1.29, 1.82) is 0 Å². The van der Waals surface area contributed by atoms with Gasteiger partial charge in [-0.3, -0.25) is 4.99 Å². The summed E-state index contributed by atoms with van der Waals surface area (Å²) in [4.78, 5) is 6.67. The Morgan fingerprint density at radius 3 is 2.94 bits per heavy atom. The normalized spacial score (nSPS) is 23.2. The third-order valence-electron chi connectivity index (χ3n) is 3.15. The van der Waals surface area contributed by atoms with Crippen molar-refractivity contribution in [2.75, 3.05) is 40.3 Å². The minimum atomic E-state index is 0.881. The molecule has 1 aliphatic rings. The Morgan fingerprint density at radius 1 is 1.50 bits per heavy atom. The van der Waals surface area contributed by atoms with Crippen molar-refractivity contribution in [1.82, 2.24) is 15.5 Å². The highest BCUT2D eigenvalue weighted by Crippen LogP contribution is 2.14. The van der Waals surface area contributed by atoms with Crippen molar-refractivity contribution < 1.29 is 0 Å². The first kappa shape index (κ1) is 13.3. The lowest BCUT2D eigenvalue weighted by molar-refractivity contribution is 0.182. The van der Waals surface area contributed by atoms with E-state index in [1.54, 1.807) is 7.05 Å². The fourth-order valence-corrected chi connectivity index (χ4v) is 2.28. The first-order chi connectivity index (χ1) is 7.76. The Morgan fingerprint density at radius 2 is 2.31 bits per heavy atom. The fraction of sp³-hybridized carbons (Fsp3) is 0.917. The van der Waals surface area contributed by atoms with Crippen LogP contribution in [-0.2, 0) is 0 Å². The first-order valence-corrected chi connectivity index (χ1v) is 6.37. The molecule has 0 aromatic heterocycles. The molecule has 16 heavy (non-hydrogen) atoms. The van der Waals surface area contributed by atoms with E-state index in [4.69, 9.17) is 0 Å². The van der Waals surface area contributed by atoms with E-state index in [2.05, 4.69) is 27.4 Å². The quantitative estimate of drug-likeness (QED) is 0.425. The van der Waals surface area contributed by atoms with Gasteiger partial charge in [0.1, 0.15) is 0 Å². The predicted octanol–water partition coefficient (Wildman–Crippen LogP) is 0.903. The van der Waals surface area contributed by atoms with Crippen molar-refractivity contribution in [2.45, 2.75) is 26.2 Å². The smallest absolute Gasteiger partial charge is 0.190 e. The molecular weight excluding hydrogens is 200 g/mol. The number of hydrogen-bond acceptors (Lipinski definition) is 2. The molecule has 0 amide bonds. The Kier molecular flexibility index (Phi) is 6.23. The van der Waals surface area contributed by atoms with Crippen LogP contribution < -0.4 is 10.6 Å². The minimum absolute atomic E-state index is 0.881. The molecule has 1 heterocycles. The fourth-order valence-electron chi connectivity index (χ4n) is 2.28. The van der Waals surface area contributed by atoms with Crippen LogP contribution in [0.5, 0.6) is 0 Å². The van der Waals surface area contributed by atoms with Crippen LogP contribution in [0.25, 0.3) is 0 Å². The first-order valence-electron chi connectivity index (χ1n) is 6.37. The van der Waals surface area contributed by atoms with Gasteiger partial charge < -0.3 is 15.5 Å². The van der Waals surface area contributed by atoms with E-state index in [1.807, 2.05) is 7.05 Å². The van der Waals surface area contributed by atoms with Crippen LogP contribution in [-0.4, -0.2) is 51.1 Å². The lowest BCUT2D eigenvalue weighted by atomic mass is 10.0. The minimum Gasteiger partial charge on any atom is -0.359 e. The van der Waals surface area contributed by atoms with Gasteiger partial charge in [-0.05, 0) is 38.3 Å². The van der Waals surface area contributed by atoms with Crippen LogP contribution >= 0.6 is 0 Å². The molecule has 0 aromatic carbocycles. The molecule has 0 spiro atoms. The molecular formula is C12H26N4. The zero-order valence-corrected chi connectivity index (χ0v) is 10.9. The highest BCUT2D eigenvalue weighted by Gasteiger charge is 2.15. The largest absolute Gasteiger partial charge is 0.359 e. The van der Waals surface area contributed by atoms with E-state index in [1.165, 1.54) is 38.9 Å². The number of aliphatic imine (C=N–C) groups is 1. The summed E-state index contributed by atoms with van der Waals surface area (Å²) in [6, 6.07) is 0. The number of piperidine rings is 1. The van der Waals surface area contributed by atoms with Gasteiger partial charge in [0.15, 0.2) is 5.96 Å². The second kappa shape index (κ2) is 7.49. The number of likely N-dealkylation sites (tertiary alicyclic amines) is 1. The van der Waals surface area contributed by atoms with E-state index in [0.717, 1.165) is 18.4 Å². The number of nitrogens with zero attached hydrogens (tertiary/aromatic N) is 2. The van der Waals surface area contributed by atoms with Crippen LogP contribution in [0.15, 0.2) is 4.99 Å². The van der Waals surface area contributed by atoms with E-state index in [9.17, 15) is 0 Å². The van der Waals surface area contributed by atoms with Crippen LogP contribution in [0.3, 0.4) is 0 Å². The van der Waals surface area contributed by atoms with Gasteiger partial charge in [0.25, 0.3) is 0 Å². The molecule has 0 saturated carbocycles. The summed E-state index contributed by atoms with van der Waals surface area (Å²) >= 11 is 0. The van der Waals surface area contributed by atoms with E-state index in [0.29, 0.717) is 0 Å². The van der Waals surface area contributed by atoms with Crippen LogP contribution in [0.1, 0.15) is 26.2 Å². The van der Waals surface area contributed by atoms with Crippen molar-refractivity contribution in [2.24, 2.45) is 10.9 Å². The van der Waals surface area contributed by atoms with E-state index < -0.39 is 0 Å². The van der Waals surface area contributed by atoms with Crippen LogP contribution in [0.4, 0.5) is 0 Å². The number of guanidine groups is 1. The Bertz CT molecular complexity index is 215. The molecule has 0 bridgehead atoms. The zero-order valence-electron chi connectivity index (χ0n) is 10.9. The molecule has 94 valence electrons. The highest BCUT2D eigenvalue weighted by molar-refractivity contribution is 5.79. The molecule has 1 rings (SSSR count). The maximum absolute atomic E-state index is 4.08. The summed E-state index contributed by atoms with van der Waals surface area (Å²) in [5.41, 5.74) is 0. The maximum atomic E-state index is 4.08. The molecule has 0 aliphatic carbocycles. The lowest BCUT2D eigenvalue weighted by Crippen LogP contribution is -2.38. The standard InChI is InChI=1S/C12H26N4/c1-11-6-4-8-16(10-11)9-5-7-15-12(13-2)14-3/h11H,4-10H2,1-3H3,(H2,13,14,15)/t11-/m0/s1. The van der Waals surface area contributed by atoms with Crippen molar-refractivity contribution in [3.05, 3.63) is 0 Å². The van der Waals surface area contributed by atoms with Gasteiger partial charge >= 0.3 is 0 Å². The molecule has 4 nitrogen and oxygen atoms in total. The molecule has 1 aliphatic heterocycles. The van der Waals surface area contributed by atoms with Crippen LogP contribution in [0, 0.1) is 5.92 Å². The molecule has 1 saturated heterocycles. The third-order valence-corrected chi connectivity index (χ3v) is 3.15. The van der Waals surface area contributed by atoms with Gasteiger partial charge in [-0.2, -0.15) is 0 Å². The summed E-state index contributed by atoms with van der Waals surface area (Å²) in [6.45, 7) is 7.12. The summed E-state index contributed by atoms with van der Waals surface area (Å²) in [5, 5.41) is 6.30.